The zero-order valence-electron chi connectivity index (χ0n) is 10.8. The summed E-state index contributed by atoms with van der Waals surface area (Å²) in [6.07, 6.45) is 0. The van der Waals surface area contributed by atoms with Gasteiger partial charge in [0.05, 0.1) is 6.61 Å². The van der Waals surface area contributed by atoms with Crippen LogP contribution in [0.25, 0.3) is 0 Å². The van der Waals surface area contributed by atoms with Crippen molar-refractivity contribution in [3.8, 4) is 0 Å². The second-order valence-corrected chi connectivity index (χ2v) is 4.93. The smallest absolute Gasteiger partial charge is 0.513 e. The van der Waals surface area contributed by atoms with E-state index in [4.69, 9.17) is 29.6 Å². The predicted molar refractivity (Wildman–Crippen MR) is 80.6 cm³/mol. The third-order valence-corrected chi connectivity index (χ3v) is 3.01. The van der Waals surface area contributed by atoms with Crippen molar-refractivity contribution in [2.45, 2.75) is 5.92 Å². The normalized spacial score (nSPS) is 9.74. The molecule has 0 saturated carbocycles. The predicted octanol–water partition coefficient (Wildman–Crippen LogP) is 0.671. The van der Waals surface area contributed by atoms with Crippen molar-refractivity contribution >= 4 is 29.2 Å². The number of benzene rings is 2. The maximum Gasteiger partial charge on any atom is 1.00 e. The van der Waals surface area contributed by atoms with Crippen LogP contribution in [0.1, 0.15) is 17.0 Å². The SMILES string of the molecule is S=C([S-])OCC(c1ccccc1)c1ccccc1.[K+]. The van der Waals surface area contributed by atoms with Crippen molar-refractivity contribution in [2.75, 3.05) is 6.61 Å². The molecule has 1 nitrogen and oxygen atoms in total. The molecule has 92 valence electrons. The Morgan fingerprint density at radius 3 is 1.74 bits per heavy atom. The number of thiocarbonyl (C=S) groups is 1. The Kier molecular flexibility index (Phi) is 8.33. The van der Waals surface area contributed by atoms with Gasteiger partial charge in [-0.15, -0.1) is 0 Å². The molecule has 0 amide bonds. The van der Waals surface area contributed by atoms with E-state index in [2.05, 4.69) is 24.3 Å². The van der Waals surface area contributed by atoms with E-state index >= 15 is 0 Å². The van der Waals surface area contributed by atoms with Gasteiger partial charge >= 0.3 is 51.4 Å². The topological polar surface area (TPSA) is 9.23 Å². The van der Waals surface area contributed by atoms with E-state index in [1.807, 2.05) is 36.4 Å². The van der Waals surface area contributed by atoms with E-state index in [0.29, 0.717) is 6.61 Å². The summed E-state index contributed by atoms with van der Waals surface area (Å²) in [5, 5.41) is 0. The molecule has 0 heterocycles. The van der Waals surface area contributed by atoms with Gasteiger partial charge in [-0.25, -0.2) is 0 Å². The molecule has 0 aromatic heterocycles. The first-order valence-electron chi connectivity index (χ1n) is 5.71. The Hall–Kier alpha value is 0.186. The molecule has 2 rings (SSSR count). The molecule has 2 aromatic carbocycles. The molecule has 0 radical (unpaired) electrons. The van der Waals surface area contributed by atoms with Gasteiger partial charge in [0.2, 0.25) is 0 Å². The number of ether oxygens (including phenoxy) is 1. The van der Waals surface area contributed by atoms with Crippen LogP contribution < -0.4 is 51.4 Å². The second kappa shape index (κ2) is 9.18. The summed E-state index contributed by atoms with van der Waals surface area (Å²) in [6.45, 7) is 0.483. The Balaban J connectivity index is 0.00000180. The molecule has 0 aliphatic heterocycles. The van der Waals surface area contributed by atoms with Crippen LogP contribution in [0.3, 0.4) is 0 Å². The van der Waals surface area contributed by atoms with Crippen LogP contribution in [0.4, 0.5) is 0 Å². The molecular formula is C15H13KOS2. The number of rotatable bonds is 4. The van der Waals surface area contributed by atoms with Gasteiger partial charge in [-0.1, -0.05) is 60.7 Å². The fourth-order valence-corrected chi connectivity index (χ4v) is 2.04. The molecule has 0 spiro atoms. The van der Waals surface area contributed by atoms with Crippen molar-refractivity contribution in [1.29, 1.82) is 0 Å². The van der Waals surface area contributed by atoms with Gasteiger partial charge in [0.1, 0.15) is 0 Å². The van der Waals surface area contributed by atoms with E-state index in [9.17, 15) is 0 Å². The van der Waals surface area contributed by atoms with Crippen LogP contribution in [0, 0.1) is 0 Å². The molecule has 4 heteroatoms. The molecule has 0 fully saturated rings. The molecule has 0 unspecified atom stereocenters. The monoisotopic (exact) mass is 312 g/mol. The van der Waals surface area contributed by atoms with Crippen LogP contribution >= 0.6 is 12.2 Å². The van der Waals surface area contributed by atoms with Gasteiger partial charge in [0.25, 0.3) is 0 Å². The van der Waals surface area contributed by atoms with Crippen LogP contribution in [-0.4, -0.2) is 11.0 Å². The first kappa shape index (κ1) is 17.2. The summed E-state index contributed by atoms with van der Waals surface area (Å²) < 4.78 is 5.53. The molecule has 0 N–H and O–H groups in total. The molecular weight excluding hydrogens is 299 g/mol. The largest absolute Gasteiger partial charge is 1.00 e. The third kappa shape index (κ3) is 5.59. The summed E-state index contributed by atoms with van der Waals surface area (Å²) in [6, 6.07) is 20.5. The van der Waals surface area contributed by atoms with E-state index in [0.717, 1.165) is 0 Å². The summed E-state index contributed by atoms with van der Waals surface area (Å²) in [7, 11) is 0. The summed E-state index contributed by atoms with van der Waals surface area (Å²) in [5.74, 6) is 0.160. The van der Waals surface area contributed by atoms with Gasteiger partial charge in [-0.05, 0) is 11.1 Å². The average Bonchev–Trinajstić information content (AvgIpc) is 2.41. The van der Waals surface area contributed by atoms with Gasteiger partial charge in [0.15, 0.2) is 0 Å². The van der Waals surface area contributed by atoms with Crippen molar-refractivity contribution in [1.82, 2.24) is 0 Å². The quantitative estimate of drug-likeness (QED) is 0.467. The van der Waals surface area contributed by atoms with Crippen LogP contribution in [-0.2, 0) is 17.4 Å². The Morgan fingerprint density at radius 1 is 0.947 bits per heavy atom. The summed E-state index contributed by atoms with van der Waals surface area (Å²) >= 11 is 9.61. The zero-order chi connectivity index (χ0) is 12.8. The molecule has 0 aliphatic carbocycles. The fourth-order valence-electron chi connectivity index (χ4n) is 1.91. The number of hydrogen-bond donors (Lipinski definition) is 0. The van der Waals surface area contributed by atoms with Gasteiger partial charge in [-0.3, -0.25) is 0 Å². The van der Waals surface area contributed by atoms with Crippen molar-refractivity contribution < 1.29 is 56.1 Å². The molecule has 19 heavy (non-hydrogen) atoms. The van der Waals surface area contributed by atoms with Crippen LogP contribution in [0.15, 0.2) is 60.7 Å². The molecule has 0 aliphatic rings. The Morgan fingerprint density at radius 2 is 1.37 bits per heavy atom. The Bertz CT molecular complexity index is 463. The van der Waals surface area contributed by atoms with E-state index in [-0.39, 0.29) is 61.7 Å². The van der Waals surface area contributed by atoms with E-state index in [1.54, 1.807) is 0 Å². The standard InChI is InChI=1S/C15H14OS2.K/c17-15(18)16-11-14(12-7-3-1-4-8-12)13-9-5-2-6-10-13;/h1-10,14H,11H2,(H,17,18);/q;+1/p-1. The second-order valence-electron chi connectivity index (χ2n) is 3.93. The van der Waals surface area contributed by atoms with E-state index in [1.165, 1.54) is 11.1 Å². The molecule has 0 saturated heterocycles. The molecule has 2 aromatic rings. The van der Waals surface area contributed by atoms with Crippen LogP contribution in [0.5, 0.6) is 0 Å². The summed E-state index contributed by atoms with van der Waals surface area (Å²) in [5.41, 5.74) is 2.41. The zero-order valence-corrected chi connectivity index (χ0v) is 15.5. The van der Waals surface area contributed by atoms with Crippen molar-refractivity contribution in [3.63, 3.8) is 0 Å². The van der Waals surface area contributed by atoms with E-state index < -0.39 is 0 Å². The summed E-state index contributed by atoms with van der Waals surface area (Å²) in [4.78, 5) is 0. The molecule has 0 bridgehead atoms. The first-order valence-corrected chi connectivity index (χ1v) is 6.52. The van der Waals surface area contributed by atoms with Crippen LogP contribution in [0.2, 0.25) is 0 Å². The maximum atomic E-state index is 5.36. The third-order valence-electron chi connectivity index (χ3n) is 2.77. The Labute approximate surface area is 167 Å². The minimum atomic E-state index is 0. The first-order chi connectivity index (χ1) is 8.77. The average molecular weight is 313 g/mol. The fraction of sp³-hybridized carbons (Fsp3) is 0.133. The number of hydrogen-bond acceptors (Lipinski definition) is 3. The van der Waals surface area contributed by atoms with Gasteiger partial charge < -0.3 is 29.6 Å². The van der Waals surface area contributed by atoms with Gasteiger partial charge in [-0.2, -0.15) is 0 Å². The minimum absolute atomic E-state index is 0. The van der Waals surface area contributed by atoms with Crippen molar-refractivity contribution in [3.05, 3.63) is 71.8 Å². The van der Waals surface area contributed by atoms with Gasteiger partial charge in [0, 0.05) is 10.3 Å². The maximum absolute atomic E-state index is 5.36. The minimum Gasteiger partial charge on any atom is -0.513 e. The van der Waals surface area contributed by atoms with Crippen molar-refractivity contribution in [2.24, 2.45) is 0 Å². The molecule has 0 atom stereocenters.